The zero-order chi connectivity index (χ0) is 17.6. The van der Waals surface area contributed by atoms with E-state index >= 15 is 0 Å². The van der Waals surface area contributed by atoms with Crippen LogP contribution in [0.1, 0.15) is 5.82 Å². The van der Waals surface area contributed by atoms with Gasteiger partial charge in [-0.15, -0.1) is 0 Å². The lowest BCUT2D eigenvalue weighted by Crippen LogP contribution is -2.14. The second-order valence-electron chi connectivity index (χ2n) is 5.34. The molecule has 3 heterocycles. The van der Waals surface area contributed by atoms with Crippen LogP contribution in [-0.2, 0) is 0 Å². The van der Waals surface area contributed by atoms with Crippen LogP contribution in [0.25, 0.3) is 28.4 Å². The molecule has 0 unspecified atom stereocenters. The van der Waals surface area contributed by atoms with Gasteiger partial charge in [0.1, 0.15) is 11.3 Å². The first kappa shape index (κ1) is 15.4. The van der Waals surface area contributed by atoms with E-state index < -0.39 is 0 Å². The summed E-state index contributed by atoms with van der Waals surface area (Å²) in [6, 6.07) is 6.69. The maximum atomic E-state index is 12.4. The van der Waals surface area contributed by atoms with Gasteiger partial charge in [0.25, 0.3) is 11.4 Å². The zero-order valence-corrected chi connectivity index (χ0v) is 14.0. The van der Waals surface area contributed by atoms with E-state index in [4.69, 9.17) is 20.9 Å². The Morgan fingerprint density at radius 1 is 1.32 bits per heavy atom. The molecule has 126 valence electrons. The van der Waals surface area contributed by atoms with Crippen molar-refractivity contribution in [3.05, 3.63) is 51.7 Å². The second-order valence-corrected chi connectivity index (χ2v) is 5.74. The molecule has 0 aliphatic heterocycles. The van der Waals surface area contributed by atoms with Gasteiger partial charge in [0.05, 0.1) is 24.0 Å². The maximum absolute atomic E-state index is 12.4. The van der Waals surface area contributed by atoms with E-state index in [9.17, 15) is 4.79 Å². The third-order valence-corrected chi connectivity index (χ3v) is 4.03. The molecule has 0 fully saturated rings. The molecular formula is C16H12ClN5O3. The van der Waals surface area contributed by atoms with Crippen molar-refractivity contribution >= 4 is 17.2 Å². The Balaban J connectivity index is 1.93. The van der Waals surface area contributed by atoms with Crippen LogP contribution in [0.4, 0.5) is 0 Å². The fourth-order valence-electron chi connectivity index (χ4n) is 2.53. The van der Waals surface area contributed by atoms with Gasteiger partial charge in [-0.05, 0) is 19.1 Å². The molecule has 8 nitrogen and oxygen atoms in total. The van der Waals surface area contributed by atoms with Crippen LogP contribution in [0.5, 0.6) is 5.75 Å². The molecule has 0 aliphatic carbocycles. The molecule has 0 saturated carbocycles. The summed E-state index contributed by atoms with van der Waals surface area (Å²) in [6.07, 6.45) is 1.51. The first-order valence-corrected chi connectivity index (χ1v) is 7.70. The SMILES string of the molecule is COc1cc(-c2cc(=O)n3ncc(-c4nc(C)no4)c3[nH]2)ccc1Cl. The van der Waals surface area contributed by atoms with E-state index in [1.54, 1.807) is 25.1 Å². The van der Waals surface area contributed by atoms with E-state index in [-0.39, 0.29) is 11.4 Å². The minimum absolute atomic E-state index is 0.286. The summed E-state index contributed by atoms with van der Waals surface area (Å²) in [5, 5.41) is 8.34. The number of benzene rings is 1. The first-order valence-electron chi connectivity index (χ1n) is 7.32. The van der Waals surface area contributed by atoms with Gasteiger partial charge in [0.2, 0.25) is 0 Å². The highest BCUT2D eigenvalue weighted by molar-refractivity contribution is 6.32. The molecule has 0 bridgehead atoms. The molecule has 0 atom stereocenters. The van der Waals surface area contributed by atoms with Crippen molar-refractivity contribution in [2.45, 2.75) is 6.92 Å². The molecule has 3 aromatic heterocycles. The van der Waals surface area contributed by atoms with Crippen LogP contribution in [0.3, 0.4) is 0 Å². The molecule has 4 aromatic rings. The number of H-pyrrole nitrogens is 1. The number of fused-ring (bicyclic) bond motifs is 1. The highest BCUT2D eigenvalue weighted by atomic mass is 35.5. The molecule has 0 aliphatic rings. The summed E-state index contributed by atoms with van der Waals surface area (Å²) in [4.78, 5) is 19.8. The van der Waals surface area contributed by atoms with Crippen LogP contribution in [-0.4, -0.2) is 31.8 Å². The summed E-state index contributed by atoms with van der Waals surface area (Å²) >= 11 is 6.06. The number of nitrogens with zero attached hydrogens (tertiary/aromatic N) is 4. The highest BCUT2D eigenvalue weighted by Gasteiger charge is 2.16. The summed E-state index contributed by atoms with van der Waals surface area (Å²) in [7, 11) is 1.53. The zero-order valence-electron chi connectivity index (χ0n) is 13.3. The third-order valence-electron chi connectivity index (χ3n) is 3.72. The van der Waals surface area contributed by atoms with Crippen LogP contribution in [0, 0.1) is 6.92 Å². The Labute approximate surface area is 146 Å². The molecule has 0 spiro atoms. The van der Waals surface area contributed by atoms with Crippen molar-refractivity contribution in [1.29, 1.82) is 0 Å². The van der Waals surface area contributed by atoms with Crippen LogP contribution >= 0.6 is 11.6 Å². The fourth-order valence-corrected chi connectivity index (χ4v) is 2.72. The van der Waals surface area contributed by atoms with Gasteiger partial charge < -0.3 is 14.2 Å². The second kappa shape index (κ2) is 5.75. The van der Waals surface area contributed by atoms with Crippen molar-refractivity contribution in [3.8, 4) is 28.5 Å². The highest BCUT2D eigenvalue weighted by Crippen LogP contribution is 2.30. The van der Waals surface area contributed by atoms with Crippen molar-refractivity contribution in [2.75, 3.05) is 7.11 Å². The minimum atomic E-state index is -0.292. The van der Waals surface area contributed by atoms with Gasteiger partial charge in [0.15, 0.2) is 11.5 Å². The summed E-state index contributed by atoms with van der Waals surface area (Å²) < 4.78 is 11.7. The van der Waals surface area contributed by atoms with Crippen LogP contribution in [0.2, 0.25) is 5.02 Å². The molecule has 25 heavy (non-hydrogen) atoms. The van der Waals surface area contributed by atoms with Gasteiger partial charge in [-0.3, -0.25) is 4.79 Å². The molecule has 1 aromatic carbocycles. The number of hydrogen-bond donors (Lipinski definition) is 1. The lowest BCUT2D eigenvalue weighted by molar-refractivity contribution is 0.415. The minimum Gasteiger partial charge on any atom is -0.495 e. The van der Waals surface area contributed by atoms with E-state index in [0.29, 0.717) is 33.5 Å². The van der Waals surface area contributed by atoms with E-state index in [2.05, 4.69) is 20.2 Å². The molecule has 1 N–H and O–H groups in total. The molecule has 0 radical (unpaired) electrons. The first-order chi connectivity index (χ1) is 12.1. The number of rotatable bonds is 3. The van der Waals surface area contributed by atoms with Crippen molar-refractivity contribution in [3.63, 3.8) is 0 Å². The van der Waals surface area contributed by atoms with Gasteiger partial charge in [0, 0.05) is 11.6 Å². The summed E-state index contributed by atoms with van der Waals surface area (Å²) in [6.45, 7) is 1.72. The average Bonchev–Trinajstić information content (AvgIpc) is 3.21. The maximum Gasteiger partial charge on any atom is 0.274 e. The quantitative estimate of drug-likeness (QED) is 0.605. The van der Waals surface area contributed by atoms with E-state index in [0.717, 1.165) is 5.56 Å². The molecule has 0 saturated heterocycles. The molecule has 0 amide bonds. The number of aromatic nitrogens is 5. The third kappa shape index (κ3) is 2.56. The standard InChI is InChI=1S/C16H12ClN5O3/c1-8-19-16(25-21-8)10-7-18-22-14(23)6-12(20-15(10)22)9-3-4-11(17)13(5-9)24-2/h3-7,20H,1-2H3. The fraction of sp³-hybridized carbons (Fsp3) is 0.125. The molecular weight excluding hydrogens is 346 g/mol. The number of methoxy groups -OCH3 is 1. The number of halogens is 1. The Bertz CT molecular complexity index is 1140. The van der Waals surface area contributed by atoms with Gasteiger partial charge in [-0.25, -0.2) is 0 Å². The Hall–Kier alpha value is -3.13. The predicted octanol–water partition coefficient (Wildman–Crippen LogP) is 2.71. The Kier molecular flexibility index (Phi) is 3.54. The topological polar surface area (TPSA) is 98.3 Å². The smallest absolute Gasteiger partial charge is 0.274 e. The predicted molar refractivity (Wildman–Crippen MR) is 90.8 cm³/mol. The van der Waals surface area contributed by atoms with Crippen LogP contribution in [0.15, 0.2) is 39.8 Å². The van der Waals surface area contributed by atoms with Crippen molar-refractivity contribution in [2.24, 2.45) is 0 Å². The van der Waals surface area contributed by atoms with Crippen molar-refractivity contribution in [1.82, 2.24) is 24.7 Å². The van der Waals surface area contributed by atoms with Crippen molar-refractivity contribution < 1.29 is 9.26 Å². The summed E-state index contributed by atoms with van der Waals surface area (Å²) in [5.74, 6) is 1.30. The van der Waals surface area contributed by atoms with Crippen LogP contribution < -0.4 is 10.3 Å². The normalized spacial score (nSPS) is 11.2. The lowest BCUT2D eigenvalue weighted by atomic mass is 10.1. The average molecular weight is 358 g/mol. The number of aromatic amines is 1. The van der Waals surface area contributed by atoms with Gasteiger partial charge >= 0.3 is 0 Å². The lowest BCUT2D eigenvalue weighted by Gasteiger charge is -2.07. The Morgan fingerprint density at radius 3 is 2.88 bits per heavy atom. The number of aryl methyl sites for hydroxylation is 1. The van der Waals surface area contributed by atoms with E-state index in [1.165, 1.54) is 23.9 Å². The molecule has 9 heteroatoms. The number of hydrogen-bond acceptors (Lipinski definition) is 6. The summed E-state index contributed by atoms with van der Waals surface area (Å²) in [5.41, 5.74) is 2.04. The van der Waals surface area contributed by atoms with Gasteiger partial charge in [-0.2, -0.15) is 14.6 Å². The molecule has 4 rings (SSSR count). The Morgan fingerprint density at radius 2 is 2.16 bits per heavy atom. The van der Waals surface area contributed by atoms with Gasteiger partial charge in [-0.1, -0.05) is 22.8 Å². The van der Waals surface area contributed by atoms with E-state index in [1.807, 2.05) is 0 Å². The monoisotopic (exact) mass is 357 g/mol. The largest absolute Gasteiger partial charge is 0.495 e. The number of nitrogens with one attached hydrogen (secondary N) is 1. The number of ether oxygens (including phenoxy) is 1.